The van der Waals surface area contributed by atoms with Crippen LogP contribution in [0, 0.1) is 11.6 Å². The molecule has 0 spiro atoms. The maximum absolute atomic E-state index is 13.4. The summed E-state index contributed by atoms with van der Waals surface area (Å²) in [6.45, 7) is 0.685. The van der Waals surface area contributed by atoms with Gasteiger partial charge in [0.1, 0.15) is 11.6 Å². The summed E-state index contributed by atoms with van der Waals surface area (Å²) in [5, 5.41) is 12.7. The molecule has 0 radical (unpaired) electrons. The second-order valence-electron chi connectivity index (χ2n) is 3.94. The monoisotopic (exact) mass is 253 g/mol. The Morgan fingerprint density at radius 3 is 2.78 bits per heavy atom. The molecule has 1 aromatic heterocycles. The molecule has 18 heavy (non-hydrogen) atoms. The summed E-state index contributed by atoms with van der Waals surface area (Å²) in [6, 6.07) is 4.92. The molecule has 0 aliphatic heterocycles. The van der Waals surface area contributed by atoms with Crippen molar-refractivity contribution in [2.24, 2.45) is 0 Å². The Balaban J connectivity index is 1.89. The fraction of sp³-hybridized carbons (Fsp3) is 0.231. The van der Waals surface area contributed by atoms with Crippen LogP contribution < -0.4 is 5.32 Å². The zero-order valence-corrected chi connectivity index (χ0v) is 9.57. The molecular weight excluding hydrogens is 240 g/mol. The number of furan rings is 1. The zero-order chi connectivity index (χ0) is 13.0. The van der Waals surface area contributed by atoms with E-state index in [-0.39, 0.29) is 12.1 Å². The number of rotatable bonds is 5. The highest BCUT2D eigenvalue weighted by atomic mass is 19.1. The molecule has 1 atom stereocenters. The molecule has 3 nitrogen and oxygen atoms in total. The lowest BCUT2D eigenvalue weighted by Gasteiger charge is -2.12. The van der Waals surface area contributed by atoms with Crippen molar-refractivity contribution in [2.45, 2.75) is 12.6 Å². The van der Waals surface area contributed by atoms with Crippen molar-refractivity contribution in [1.29, 1.82) is 0 Å². The molecule has 0 saturated carbocycles. The Hall–Kier alpha value is -1.72. The fourth-order valence-electron chi connectivity index (χ4n) is 1.63. The molecule has 1 unspecified atom stereocenters. The number of hydrogen-bond donors (Lipinski definition) is 2. The van der Waals surface area contributed by atoms with Gasteiger partial charge >= 0.3 is 0 Å². The predicted octanol–water partition coefficient (Wildman–Crippen LogP) is 2.38. The number of halogens is 2. The van der Waals surface area contributed by atoms with E-state index in [0.717, 1.165) is 17.7 Å². The van der Waals surface area contributed by atoms with E-state index in [2.05, 4.69) is 5.32 Å². The van der Waals surface area contributed by atoms with Gasteiger partial charge in [0.05, 0.1) is 18.6 Å². The molecule has 0 amide bonds. The van der Waals surface area contributed by atoms with Crippen LogP contribution in [-0.4, -0.2) is 11.7 Å². The maximum Gasteiger partial charge on any atom is 0.131 e. The first kappa shape index (κ1) is 12.7. The predicted molar refractivity (Wildman–Crippen MR) is 61.7 cm³/mol. The minimum absolute atomic E-state index is 0.0797. The summed E-state index contributed by atoms with van der Waals surface area (Å²) in [7, 11) is 0. The second kappa shape index (κ2) is 5.75. The van der Waals surface area contributed by atoms with Gasteiger partial charge in [-0.25, -0.2) is 8.78 Å². The minimum atomic E-state index is -1.02. The Bertz CT molecular complexity index is 500. The third-order valence-corrected chi connectivity index (χ3v) is 2.57. The van der Waals surface area contributed by atoms with E-state index in [4.69, 9.17) is 4.42 Å². The third kappa shape index (κ3) is 3.15. The topological polar surface area (TPSA) is 45.4 Å². The molecule has 0 saturated heterocycles. The van der Waals surface area contributed by atoms with Gasteiger partial charge in [-0.05, 0) is 12.1 Å². The van der Waals surface area contributed by atoms with E-state index in [0.29, 0.717) is 6.54 Å². The summed E-state index contributed by atoms with van der Waals surface area (Å²) < 4.78 is 30.9. The Morgan fingerprint density at radius 1 is 1.28 bits per heavy atom. The van der Waals surface area contributed by atoms with Crippen LogP contribution in [0.4, 0.5) is 8.78 Å². The normalized spacial score (nSPS) is 12.6. The number of aliphatic hydroxyl groups is 1. The van der Waals surface area contributed by atoms with E-state index >= 15 is 0 Å². The third-order valence-electron chi connectivity index (χ3n) is 2.57. The van der Waals surface area contributed by atoms with Gasteiger partial charge in [0, 0.05) is 30.3 Å². The van der Waals surface area contributed by atoms with Gasteiger partial charge in [-0.15, -0.1) is 0 Å². The van der Waals surface area contributed by atoms with Gasteiger partial charge in [-0.2, -0.15) is 0 Å². The van der Waals surface area contributed by atoms with Crippen molar-refractivity contribution in [3.05, 3.63) is 59.6 Å². The highest BCUT2D eigenvalue weighted by molar-refractivity contribution is 5.21. The molecular formula is C13H13F2NO2. The first-order chi connectivity index (χ1) is 8.66. The molecule has 2 N–H and O–H groups in total. The summed E-state index contributed by atoms with van der Waals surface area (Å²) in [4.78, 5) is 0. The Kier molecular flexibility index (Phi) is 4.07. The number of aliphatic hydroxyl groups excluding tert-OH is 1. The standard InChI is InChI=1S/C13H13F2NO2/c14-10-1-2-11(12(15)5-10)13(17)7-16-6-9-3-4-18-8-9/h1-5,8,13,16-17H,6-7H2. The van der Waals surface area contributed by atoms with Gasteiger partial charge in [0.15, 0.2) is 0 Å². The smallest absolute Gasteiger partial charge is 0.131 e. The SMILES string of the molecule is OC(CNCc1ccoc1)c1ccc(F)cc1F. The van der Waals surface area contributed by atoms with Crippen LogP contribution in [-0.2, 0) is 6.54 Å². The van der Waals surface area contributed by atoms with Crippen molar-refractivity contribution in [2.75, 3.05) is 6.54 Å². The van der Waals surface area contributed by atoms with Crippen LogP contribution in [0.3, 0.4) is 0 Å². The molecule has 0 aliphatic carbocycles. The van der Waals surface area contributed by atoms with Gasteiger partial charge < -0.3 is 14.8 Å². The zero-order valence-electron chi connectivity index (χ0n) is 9.57. The lowest BCUT2D eigenvalue weighted by Crippen LogP contribution is -2.21. The number of hydrogen-bond acceptors (Lipinski definition) is 3. The van der Waals surface area contributed by atoms with Gasteiger partial charge in [-0.1, -0.05) is 6.07 Å². The molecule has 1 aromatic carbocycles. The first-order valence-corrected chi connectivity index (χ1v) is 5.51. The average molecular weight is 253 g/mol. The Labute approximate surface area is 103 Å². The van der Waals surface area contributed by atoms with Crippen LogP contribution in [0.2, 0.25) is 0 Å². The van der Waals surface area contributed by atoms with Crippen molar-refractivity contribution in [3.63, 3.8) is 0 Å². The molecule has 2 rings (SSSR count). The maximum atomic E-state index is 13.4. The number of nitrogens with one attached hydrogen (secondary N) is 1. The van der Waals surface area contributed by atoms with Crippen molar-refractivity contribution in [1.82, 2.24) is 5.32 Å². The fourth-order valence-corrected chi connectivity index (χ4v) is 1.63. The van der Waals surface area contributed by atoms with E-state index in [1.165, 1.54) is 6.07 Å². The van der Waals surface area contributed by atoms with Crippen LogP contribution in [0.1, 0.15) is 17.2 Å². The largest absolute Gasteiger partial charge is 0.472 e. The molecule has 0 aliphatic rings. The lowest BCUT2D eigenvalue weighted by molar-refractivity contribution is 0.169. The van der Waals surface area contributed by atoms with E-state index in [1.807, 2.05) is 0 Å². The van der Waals surface area contributed by atoms with Gasteiger partial charge in [0.25, 0.3) is 0 Å². The lowest BCUT2D eigenvalue weighted by atomic mass is 10.1. The summed E-state index contributed by atoms with van der Waals surface area (Å²) in [5.74, 6) is -1.40. The van der Waals surface area contributed by atoms with E-state index < -0.39 is 17.7 Å². The van der Waals surface area contributed by atoms with Gasteiger partial charge in [-0.3, -0.25) is 0 Å². The molecule has 96 valence electrons. The number of benzene rings is 1. The molecule has 2 aromatic rings. The summed E-state index contributed by atoms with van der Waals surface area (Å²) >= 11 is 0. The van der Waals surface area contributed by atoms with Crippen LogP contribution >= 0.6 is 0 Å². The highest BCUT2D eigenvalue weighted by Gasteiger charge is 2.13. The van der Waals surface area contributed by atoms with Crippen molar-refractivity contribution < 1.29 is 18.3 Å². The summed E-state index contributed by atoms with van der Waals surface area (Å²) in [5.41, 5.74) is 1.01. The van der Waals surface area contributed by atoms with E-state index in [1.54, 1.807) is 18.6 Å². The second-order valence-corrected chi connectivity index (χ2v) is 3.94. The van der Waals surface area contributed by atoms with Gasteiger partial charge in [0.2, 0.25) is 0 Å². The van der Waals surface area contributed by atoms with Crippen molar-refractivity contribution in [3.8, 4) is 0 Å². The highest BCUT2D eigenvalue weighted by Crippen LogP contribution is 2.17. The van der Waals surface area contributed by atoms with Crippen LogP contribution in [0.5, 0.6) is 0 Å². The minimum Gasteiger partial charge on any atom is -0.472 e. The molecule has 1 heterocycles. The van der Waals surface area contributed by atoms with E-state index in [9.17, 15) is 13.9 Å². The van der Waals surface area contributed by atoms with Crippen LogP contribution in [0.15, 0.2) is 41.2 Å². The van der Waals surface area contributed by atoms with Crippen LogP contribution in [0.25, 0.3) is 0 Å². The molecule has 5 heteroatoms. The quantitative estimate of drug-likeness (QED) is 0.860. The molecule has 0 fully saturated rings. The average Bonchev–Trinajstić information content (AvgIpc) is 2.81. The van der Waals surface area contributed by atoms with Crippen molar-refractivity contribution >= 4 is 0 Å². The summed E-state index contributed by atoms with van der Waals surface area (Å²) in [6.07, 6.45) is 2.11. The first-order valence-electron chi connectivity index (χ1n) is 5.51. The Morgan fingerprint density at radius 2 is 2.11 bits per heavy atom. The molecule has 0 bridgehead atoms.